The molecule has 0 bridgehead atoms. The van der Waals surface area contributed by atoms with Crippen LogP contribution in [0.2, 0.25) is 0 Å². The fourth-order valence-corrected chi connectivity index (χ4v) is 1.37. The van der Waals surface area contributed by atoms with Crippen molar-refractivity contribution in [2.24, 2.45) is 0 Å². The maximum absolute atomic E-state index is 5.59. The Hall–Kier alpha value is -1.26. The van der Waals surface area contributed by atoms with Gasteiger partial charge >= 0.3 is 0 Å². The van der Waals surface area contributed by atoms with Gasteiger partial charge in [-0.15, -0.1) is 0 Å². The molecule has 0 saturated carbocycles. The maximum Gasteiger partial charge on any atom is 0.191 e. The van der Waals surface area contributed by atoms with Crippen LogP contribution in [-0.4, -0.2) is 33.2 Å². The van der Waals surface area contributed by atoms with Gasteiger partial charge in [0.25, 0.3) is 0 Å². The van der Waals surface area contributed by atoms with Crippen molar-refractivity contribution in [3.05, 3.63) is 24.3 Å². The molecule has 0 fully saturated rings. The summed E-state index contributed by atoms with van der Waals surface area (Å²) in [6.45, 7) is 5.43. The quantitative estimate of drug-likeness (QED) is 0.654. The van der Waals surface area contributed by atoms with E-state index in [2.05, 4.69) is 0 Å². The Morgan fingerprint density at radius 2 is 1.71 bits per heavy atom. The first-order valence-electron chi connectivity index (χ1n) is 5.80. The normalized spacial score (nSPS) is 10.6. The van der Waals surface area contributed by atoms with Crippen LogP contribution in [0.1, 0.15) is 13.8 Å². The Morgan fingerprint density at radius 1 is 1.06 bits per heavy atom. The van der Waals surface area contributed by atoms with E-state index >= 15 is 0 Å². The van der Waals surface area contributed by atoms with Gasteiger partial charge < -0.3 is 18.9 Å². The standard InChI is InChI=1S/C13H20O4/c1-4-15-13(16-5-2)10-17-12-8-6-7-11(9-12)14-3/h6-9,13H,4-5,10H2,1-3H3. The van der Waals surface area contributed by atoms with Gasteiger partial charge in [-0.05, 0) is 26.0 Å². The number of benzene rings is 1. The molecule has 4 heteroatoms. The Kier molecular flexibility index (Phi) is 6.43. The predicted octanol–water partition coefficient (Wildman–Crippen LogP) is 2.47. The van der Waals surface area contributed by atoms with E-state index in [1.54, 1.807) is 7.11 Å². The number of methoxy groups -OCH3 is 1. The molecule has 0 amide bonds. The molecule has 0 aliphatic heterocycles. The molecule has 96 valence electrons. The molecular weight excluding hydrogens is 220 g/mol. The van der Waals surface area contributed by atoms with Crippen LogP contribution in [-0.2, 0) is 9.47 Å². The Labute approximate surface area is 102 Å². The Bertz CT molecular complexity index is 308. The first-order chi connectivity index (χ1) is 8.30. The molecule has 0 heterocycles. The van der Waals surface area contributed by atoms with Crippen molar-refractivity contribution in [1.82, 2.24) is 0 Å². The summed E-state index contributed by atoms with van der Waals surface area (Å²) in [5.41, 5.74) is 0. The molecular formula is C13H20O4. The molecule has 0 unspecified atom stereocenters. The monoisotopic (exact) mass is 240 g/mol. The van der Waals surface area contributed by atoms with E-state index in [-0.39, 0.29) is 6.29 Å². The Morgan fingerprint density at radius 3 is 2.29 bits per heavy atom. The molecule has 1 aromatic carbocycles. The van der Waals surface area contributed by atoms with Crippen LogP contribution in [0.25, 0.3) is 0 Å². The molecule has 0 spiro atoms. The van der Waals surface area contributed by atoms with Gasteiger partial charge in [-0.2, -0.15) is 0 Å². The number of ether oxygens (including phenoxy) is 4. The third kappa shape index (κ3) is 5.06. The van der Waals surface area contributed by atoms with Gasteiger partial charge in [-0.1, -0.05) is 6.07 Å². The fourth-order valence-electron chi connectivity index (χ4n) is 1.37. The van der Waals surface area contributed by atoms with Gasteiger partial charge in [0.15, 0.2) is 6.29 Å². The summed E-state index contributed by atoms with van der Waals surface area (Å²) in [6, 6.07) is 7.45. The summed E-state index contributed by atoms with van der Waals surface area (Å²) in [7, 11) is 1.63. The van der Waals surface area contributed by atoms with Crippen molar-refractivity contribution in [2.45, 2.75) is 20.1 Å². The average Bonchev–Trinajstić information content (AvgIpc) is 2.37. The van der Waals surface area contributed by atoms with Gasteiger partial charge in [-0.25, -0.2) is 0 Å². The zero-order chi connectivity index (χ0) is 12.5. The zero-order valence-electron chi connectivity index (χ0n) is 10.6. The molecule has 0 radical (unpaired) electrons. The molecule has 1 aromatic rings. The van der Waals surface area contributed by atoms with Crippen molar-refractivity contribution in [2.75, 3.05) is 26.9 Å². The third-order valence-corrected chi connectivity index (χ3v) is 2.13. The molecule has 0 saturated heterocycles. The van der Waals surface area contributed by atoms with Gasteiger partial charge in [0.05, 0.1) is 7.11 Å². The fraction of sp³-hybridized carbons (Fsp3) is 0.538. The lowest BCUT2D eigenvalue weighted by molar-refractivity contribution is -0.152. The lowest BCUT2D eigenvalue weighted by Gasteiger charge is -2.17. The van der Waals surface area contributed by atoms with E-state index in [1.807, 2.05) is 38.1 Å². The highest BCUT2D eigenvalue weighted by Crippen LogP contribution is 2.19. The minimum Gasteiger partial charge on any atom is -0.497 e. The van der Waals surface area contributed by atoms with Gasteiger partial charge in [0.2, 0.25) is 0 Å². The summed E-state index contributed by atoms with van der Waals surface area (Å²) in [5.74, 6) is 1.51. The zero-order valence-corrected chi connectivity index (χ0v) is 10.6. The number of hydrogen-bond donors (Lipinski definition) is 0. The summed E-state index contributed by atoms with van der Waals surface area (Å²) >= 11 is 0. The van der Waals surface area contributed by atoms with Crippen LogP contribution >= 0.6 is 0 Å². The topological polar surface area (TPSA) is 36.9 Å². The van der Waals surface area contributed by atoms with E-state index in [4.69, 9.17) is 18.9 Å². The second-order valence-corrected chi connectivity index (χ2v) is 3.33. The Balaban J connectivity index is 2.46. The van der Waals surface area contributed by atoms with Crippen molar-refractivity contribution >= 4 is 0 Å². The van der Waals surface area contributed by atoms with Crippen molar-refractivity contribution in [1.29, 1.82) is 0 Å². The van der Waals surface area contributed by atoms with E-state index in [0.717, 1.165) is 11.5 Å². The molecule has 1 rings (SSSR count). The molecule has 0 N–H and O–H groups in total. The highest BCUT2D eigenvalue weighted by molar-refractivity contribution is 5.32. The highest BCUT2D eigenvalue weighted by atomic mass is 16.7. The summed E-state index contributed by atoms with van der Waals surface area (Å²) in [5, 5.41) is 0. The van der Waals surface area contributed by atoms with Gasteiger partial charge in [0.1, 0.15) is 18.1 Å². The predicted molar refractivity (Wildman–Crippen MR) is 65.5 cm³/mol. The van der Waals surface area contributed by atoms with Crippen molar-refractivity contribution in [3.63, 3.8) is 0 Å². The molecule has 0 aromatic heterocycles. The van der Waals surface area contributed by atoms with Crippen LogP contribution in [0.3, 0.4) is 0 Å². The van der Waals surface area contributed by atoms with Crippen LogP contribution < -0.4 is 9.47 Å². The third-order valence-electron chi connectivity index (χ3n) is 2.13. The smallest absolute Gasteiger partial charge is 0.191 e. The van der Waals surface area contributed by atoms with E-state index in [1.165, 1.54) is 0 Å². The van der Waals surface area contributed by atoms with Crippen molar-refractivity contribution in [3.8, 4) is 11.5 Å². The van der Waals surface area contributed by atoms with E-state index in [0.29, 0.717) is 19.8 Å². The van der Waals surface area contributed by atoms with E-state index in [9.17, 15) is 0 Å². The highest BCUT2D eigenvalue weighted by Gasteiger charge is 2.08. The second-order valence-electron chi connectivity index (χ2n) is 3.33. The van der Waals surface area contributed by atoms with Crippen molar-refractivity contribution < 1.29 is 18.9 Å². The molecule has 0 aliphatic carbocycles. The molecule has 17 heavy (non-hydrogen) atoms. The number of rotatable bonds is 8. The lowest BCUT2D eigenvalue weighted by Crippen LogP contribution is -2.25. The maximum atomic E-state index is 5.59. The van der Waals surface area contributed by atoms with Crippen LogP contribution in [0, 0.1) is 0 Å². The summed E-state index contributed by atoms with van der Waals surface area (Å²) in [6.07, 6.45) is -0.323. The minimum absolute atomic E-state index is 0.323. The molecule has 4 nitrogen and oxygen atoms in total. The van der Waals surface area contributed by atoms with Crippen LogP contribution in [0.5, 0.6) is 11.5 Å². The van der Waals surface area contributed by atoms with Crippen LogP contribution in [0.15, 0.2) is 24.3 Å². The molecule has 0 aliphatic rings. The van der Waals surface area contributed by atoms with Crippen LogP contribution in [0.4, 0.5) is 0 Å². The largest absolute Gasteiger partial charge is 0.497 e. The van der Waals surface area contributed by atoms with E-state index < -0.39 is 0 Å². The second kappa shape index (κ2) is 7.92. The lowest BCUT2D eigenvalue weighted by atomic mass is 10.3. The SMILES string of the molecule is CCOC(COc1cccc(OC)c1)OCC. The van der Waals surface area contributed by atoms with Gasteiger partial charge in [0, 0.05) is 19.3 Å². The number of hydrogen-bond acceptors (Lipinski definition) is 4. The first kappa shape index (κ1) is 13.8. The first-order valence-corrected chi connectivity index (χ1v) is 5.80. The molecule has 0 atom stereocenters. The van der Waals surface area contributed by atoms with Gasteiger partial charge in [-0.3, -0.25) is 0 Å². The summed E-state index contributed by atoms with van der Waals surface area (Å²) < 4.78 is 21.5. The summed E-state index contributed by atoms with van der Waals surface area (Å²) in [4.78, 5) is 0. The minimum atomic E-state index is -0.323. The average molecular weight is 240 g/mol.